The first-order valence-corrected chi connectivity index (χ1v) is 9.14. The Hall–Kier alpha value is -1.74. The lowest BCUT2D eigenvalue weighted by molar-refractivity contribution is 0.0668. The van der Waals surface area contributed by atoms with Gasteiger partial charge >= 0.3 is 0 Å². The van der Waals surface area contributed by atoms with Gasteiger partial charge in [-0.3, -0.25) is 4.79 Å². The van der Waals surface area contributed by atoms with Crippen LogP contribution in [0.2, 0.25) is 4.34 Å². The maximum atomic E-state index is 12.6. The fraction of sp³-hybridized carbons (Fsp3) is 0.267. The average molecular weight is 384 g/mol. The molecule has 3 rings (SSSR count). The first-order chi connectivity index (χ1) is 11.7. The maximum Gasteiger partial charge on any atom is 0.264 e. The number of methoxy groups -OCH3 is 1. The zero-order chi connectivity index (χ0) is 16.9. The van der Waals surface area contributed by atoms with E-state index in [0.29, 0.717) is 34.1 Å². The molecule has 3 aromatic heterocycles. The van der Waals surface area contributed by atoms with E-state index < -0.39 is 0 Å². The molecular formula is C15H14ClN3O3S2. The highest BCUT2D eigenvalue weighted by atomic mass is 35.5. The summed E-state index contributed by atoms with van der Waals surface area (Å²) >= 11 is 8.68. The Labute approximate surface area is 151 Å². The second-order valence-corrected chi connectivity index (χ2v) is 7.46. The smallest absolute Gasteiger partial charge is 0.264 e. The summed E-state index contributed by atoms with van der Waals surface area (Å²) < 4.78 is 11.3. The lowest BCUT2D eigenvalue weighted by atomic mass is 10.3. The molecule has 6 nitrogen and oxygen atoms in total. The molecule has 0 aromatic carbocycles. The highest BCUT2D eigenvalue weighted by Gasteiger charge is 2.21. The van der Waals surface area contributed by atoms with Crippen molar-refractivity contribution in [3.8, 4) is 10.8 Å². The minimum atomic E-state index is -0.139. The number of carbonyl (C=O) groups excluding carboxylic acids is 1. The summed E-state index contributed by atoms with van der Waals surface area (Å²) in [7, 11) is 1.59. The van der Waals surface area contributed by atoms with Gasteiger partial charge in [0, 0.05) is 13.7 Å². The number of rotatable bonds is 7. The number of carbonyl (C=O) groups is 1. The lowest BCUT2D eigenvalue weighted by Gasteiger charge is -2.19. The molecule has 1 amide bonds. The van der Waals surface area contributed by atoms with Crippen molar-refractivity contribution in [2.24, 2.45) is 0 Å². The van der Waals surface area contributed by atoms with Gasteiger partial charge in [0.15, 0.2) is 0 Å². The molecule has 9 heteroatoms. The zero-order valence-electron chi connectivity index (χ0n) is 12.8. The van der Waals surface area contributed by atoms with Gasteiger partial charge in [0.05, 0.1) is 27.2 Å². The molecule has 0 fully saturated rings. The Kier molecular flexibility index (Phi) is 5.62. The quantitative estimate of drug-likeness (QED) is 0.620. The first-order valence-electron chi connectivity index (χ1n) is 7.07. The van der Waals surface area contributed by atoms with Crippen LogP contribution in [-0.2, 0) is 11.3 Å². The van der Waals surface area contributed by atoms with Crippen molar-refractivity contribution in [2.75, 3.05) is 20.3 Å². The number of thiophene rings is 2. The Morgan fingerprint density at radius 1 is 1.38 bits per heavy atom. The monoisotopic (exact) mass is 383 g/mol. The van der Waals surface area contributed by atoms with E-state index in [1.54, 1.807) is 24.1 Å². The largest absolute Gasteiger partial charge is 0.418 e. The molecule has 0 bridgehead atoms. The van der Waals surface area contributed by atoms with Crippen molar-refractivity contribution in [2.45, 2.75) is 6.54 Å². The van der Waals surface area contributed by atoms with E-state index in [-0.39, 0.29) is 12.5 Å². The highest BCUT2D eigenvalue weighted by molar-refractivity contribution is 7.18. The van der Waals surface area contributed by atoms with E-state index in [1.165, 1.54) is 22.7 Å². The Balaban J connectivity index is 1.75. The molecule has 126 valence electrons. The van der Waals surface area contributed by atoms with Gasteiger partial charge in [0.1, 0.15) is 0 Å². The molecule has 0 spiro atoms. The maximum absolute atomic E-state index is 12.6. The van der Waals surface area contributed by atoms with Gasteiger partial charge in [0.25, 0.3) is 11.8 Å². The molecule has 0 radical (unpaired) electrons. The first kappa shape index (κ1) is 17.1. The number of amides is 1. The van der Waals surface area contributed by atoms with Gasteiger partial charge in [-0.25, -0.2) is 0 Å². The fourth-order valence-corrected chi connectivity index (χ4v) is 3.67. The predicted molar refractivity (Wildman–Crippen MR) is 93.6 cm³/mol. The molecule has 3 aromatic rings. The van der Waals surface area contributed by atoms with Crippen molar-refractivity contribution < 1.29 is 13.9 Å². The minimum absolute atomic E-state index is 0.139. The van der Waals surface area contributed by atoms with Crippen LogP contribution in [0.1, 0.15) is 15.6 Å². The third-order valence-corrected chi connectivity index (χ3v) is 5.24. The summed E-state index contributed by atoms with van der Waals surface area (Å²) in [6, 6.07) is 7.23. The summed E-state index contributed by atoms with van der Waals surface area (Å²) in [6.45, 7) is 1.05. The molecule has 0 aliphatic carbocycles. The van der Waals surface area contributed by atoms with Crippen LogP contribution < -0.4 is 0 Å². The predicted octanol–water partition coefficient (Wildman–Crippen LogP) is 3.80. The van der Waals surface area contributed by atoms with Crippen LogP contribution in [0, 0.1) is 0 Å². The average Bonchev–Trinajstić information content (AvgIpc) is 3.31. The third-order valence-electron chi connectivity index (χ3n) is 3.16. The Morgan fingerprint density at radius 3 is 2.92 bits per heavy atom. The third kappa shape index (κ3) is 4.02. The summed E-state index contributed by atoms with van der Waals surface area (Å²) in [5.74, 6) is 0.698. The number of hydrogen-bond donors (Lipinski definition) is 0. The molecular weight excluding hydrogens is 370 g/mol. The van der Waals surface area contributed by atoms with Crippen molar-refractivity contribution in [1.29, 1.82) is 0 Å². The van der Waals surface area contributed by atoms with E-state index in [0.717, 1.165) is 4.88 Å². The number of hydrogen-bond acceptors (Lipinski definition) is 7. The van der Waals surface area contributed by atoms with Crippen LogP contribution in [-0.4, -0.2) is 41.3 Å². The normalized spacial score (nSPS) is 10.9. The van der Waals surface area contributed by atoms with Gasteiger partial charge < -0.3 is 14.1 Å². The van der Waals surface area contributed by atoms with Crippen molar-refractivity contribution in [3.63, 3.8) is 0 Å². The van der Waals surface area contributed by atoms with E-state index in [2.05, 4.69) is 10.2 Å². The van der Waals surface area contributed by atoms with E-state index in [9.17, 15) is 4.79 Å². The van der Waals surface area contributed by atoms with Crippen LogP contribution in [0.15, 0.2) is 34.1 Å². The second kappa shape index (κ2) is 7.89. The number of ether oxygens (including phenoxy) is 1. The molecule has 0 aliphatic heterocycles. The Morgan fingerprint density at radius 2 is 2.25 bits per heavy atom. The van der Waals surface area contributed by atoms with Crippen LogP contribution in [0.25, 0.3) is 10.8 Å². The molecule has 0 N–H and O–H groups in total. The minimum Gasteiger partial charge on any atom is -0.418 e. The van der Waals surface area contributed by atoms with Gasteiger partial charge in [-0.1, -0.05) is 17.7 Å². The van der Waals surface area contributed by atoms with Gasteiger partial charge in [-0.05, 0) is 23.6 Å². The molecule has 0 atom stereocenters. The van der Waals surface area contributed by atoms with Crippen molar-refractivity contribution in [3.05, 3.63) is 44.7 Å². The Bertz CT molecular complexity index is 801. The second-order valence-electron chi connectivity index (χ2n) is 4.80. The summed E-state index contributed by atoms with van der Waals surface area (Å²) in [5.41, 5.74) is 0. The lowest BCUT2D eigenvalue weighted by Crippen LogP contribution is -2.33. The van der Waals surface area contributed by atoms with Crippen LogP contribution in [0.3, 0.4) is 0 Å². The number of aromatic nitrogens is 2. The van der Waals surface area contributed by atoms with Gasteiger partial charge in [0.2, 0.25) is 5.89 Å². The number of nitrogens with zero attached hydrogens (tertiary/aromatic N) is 3. The number of halogens is 1. The molecule has 0 saturated carbocycles. The molecule has 0 unspecified atom stereocenters. The van der Waals surface area contributed by atoms with Crippen LogP contribution in [0.4, 0.5) is 0 Å². The van der Waals surface area contributed by atoms with Gasteiger partial charge in [-0.15, -0.1) is 32.9 Å². The highest BCUT2D eigenvalue weighted by Crippen LogP contribution is 2.25. The topological polar surface area (TPSA) is 68.5 Å². The molecule has 0 saturated heterocycles. The standard InChI is InChI=1S/C15H14ClN3O3S2/c1-21-7-6-19(15(20)11-4-5-12(16)24-11)9-13-17-18-14(22-13)10-3-2-8-23-10/h2-5,8H,6-7,9H2,1H3. The van der Waals surface area contributed by atoms with Crippen molar-refractivity contribution >= 4 is 40.2 Å². The summed E-state index contributed by atoms with van der Waals surface area (Å²) in [4.78, 5) is 15.7. The fourth-order valence-electron chi connectivity index (χ4n) is 2.02. The zero-order valence-corrected chi connectivity index (χ0v) is 15.2. The SMILES string of the molecule is COCCN(Cc1nnc(-c2cccs2)o1)C(=O)c1ccc(Cl)s1. The van der Waals surface area contributed by atoms with Crippen LogP contribution in [0.5, 0.6) is 0 Å². The summed E-state index contributed by atoms with van der Waals surface area (Å²) in [6.07, 6.45) is 0. The molecule has 3 heterocycles. The van der Waals surface area contributed by atoms with Gasteiger partial charge in [-0.2, -0.15) is 0 Å². The van der Waals surface area contributed by atoms with E-state index in [4.69, 9.17) is 20.8 Å². The molecule has 24 heavy (non-hydrogen) atoms. The van der Waals surface area contributed by atoms with E-state index >= 15 is 0 Å². The van der Waals surface area contributed by atoms with Crippen molar-refractivity contribution in [1.82, 2.24) is 15.1 Å². The molecule has 0 aliphatic rings. The summed E-state index contributed by atoms with van der Waals surface area (Å²) in [5, 5.41) is 10.0. The van der Waals surface area contributed by atoms with E-state index in [1.807, 2.05) is 17.5 Å². The van der Waals surface area contributed by atoms with Crippen LogP contribution >= 0.6 is 34.3 Å².